The van der Waals surface area contributed by atoms with Crippen molar-refractivity contribution in [2.45, 2.75) is 109 Å². The quantitative estimate of drug-likeness (QED) is 0.310. The highest BCUT2D eigenvalue weighted by Gasteiger charge is 2.40. The van der Waals surface area contributed by atoms with Gasteiger partial charge in [0, 0.05) is 13.0 Å². The maximum Gasteiger partial charge on any atom is 0.323 e. The maximum absolute atomic E-state index is 13.1. The Morgan fingerprint density at radius 3 is 2.16 bits per heavy atom. The first-order chi connectivity index (χ1) is 15.5. The summed E-state index contributed by atoms with van der Waals surface area (Å²) >= 11 is 0. The van der Waals surface area contributed by atoms with E-state index in [1.54, 1.807) is 4.90 Å². The number of amides is 3. The van der Waals surface area contributed by atoms with Crippen LogP contribution >= 0.6 is 0 Å². The second-order valence-electron chi connectivity index (χ2n) is 9.13. The van der Waals surface area contributed by atoms with Crippen LogP contribution in [0.1, 0.15) is 96.8 Å². The predicted octanol–water partition coefficient (Wildman–Crippen LogP) is 3.09. The molecule has 2 rings (SSSR count). The molecule has 182 valence electrons. The summed E-state index contributed by atoms with van der Waals surface area (Å²) in [5.41, 5.74) is 0. The van der Waals surface area contributed by atoms with Crippen LogP contribution in [0.25, 0.3) is 0 Å². The van der Waals surface area contributed by atoms with E-state index in [1.165, 1.54) is 38.5 Å². The molecule has 2 aliphatic heterocycles. The van der Waals surface area contributed by atoms with E-state index in [-0.39, 0.29) is 5.91 Å². The fourth-order valence-corrected chi connectivity index (χ4v) is 4.72. The van der Waals surface area contributed by atoms with Crippen molar-refractivity contribution in [3.05, 3.63) is 0 Å². The zero-order valence-electron chi connectivity index (χ0n) is 19.7. The minimum Gasteiger partial charge on any atom is -0.480 e. The molecular weight excluding hydrogens is 410 g/mol. The highest BCUT2D eigenvalue weighted by Crippen LogP contribution is 2.22. The molecule has 0 aromatic rings. The second kappa shape index (κ2) is 14.2. The summed E-state index contributed by atoms with van der Waals surface area (Å²) in [4.78, 5) is 52.4. The van der Waals surface area contributed by atoms with Gasteiger partial charge < -0.3 is 15.3 Å². The van der Waals surface area contributed by atoms with Gasteiger partial charge in [0.1, 0.15) is 12.6 Å². The molecule has 2 heterocycles. The Morgan fingerprint density at radius 2 is 1.56 bits per heavy atom. The van der Waals surface area contributed by atoms with Crippen LogP contribution in [-0.2, 0) is 19.2 Å². The summed E-state index contributed by atoms with van der Waals surface area (Å²) < 4.78 is 0. The Morgan fingerprint density at radius 1 is 0.906 bits per heavy atom. The number of carboxylic acid groups (broad SMARTS) is 1. The Hall–Kier alpha value is -1.96. The number of imide groups is 1. The lowest BCUT2D eigenvalue weighted by Crippen LogP contribution is -2.54. The van der Waals surface area contributed by atoms with Crippen LogP contribution < -0.4 is 5.32 Å². The van der Waals surface area contributed by atoms with Crippen LogP contribution in [0, 0.1) is 0 Å². The predicted molar refractivity (Wildman–Crippen MR) is 122 cm³/mol. The molecule has 2 fully saturated rings. The van der Waals surface area contributed by atoms with Gasteiger partial charge in [-0.05, 0) is 38.6 Å². The third kappa shape index (κ3) is 8.19. The number of hydrogen-bond donors (Lipinski definition) is 2. The number of carbonyl (C=O) groups is 4. The van der Waals surface area contributed by atoms with Crippen molar-refractivity contribution < 1.29 is 24.3 Å². The van der Waals surface area contributed by atoms with Crippen LogP contribution in [0.5, 0.6) is 0 Å². The average Bonchev–Trinajstić information content (AvgIpc) is 3.47. The summed E-state index contributed by atoms with van der Waals surface area (Å²) in [6, 6.07) is -1.25. The first kappa shape index (κ1) is 26.3. The number of hydrogen-bond acceptors (Lipinski definition) is 5. The normalized spacial score (nSPS) is 20.5. The molecular formula is C24H41N3O5. The molecule has 8 heteroatoms. The molecule has 2 saturated heterocycles. The molecule has 0 saturated carbocycles. The van der Waals surface area contributed by atoms with Crippen molar-refractivity contribution in [3.63, 3.8) is 0 Å². The van der Waals surface area contributed by atoms with Crippen molar-refractivity contribution in [2.75, 3.05) is 19.6 Å². The molecule has 3 amide bonds. The second-order valence-corrected chi connectivity index (χ2v) is 9.13. The van der Waals surface area contributed by atoms with Gasteiger partial charge in [-0.25, -0.2) is 0 Å². The van der Waals surface area contributed by atoms with Crippen LogP contribution in [0.15, 0.2) is 0 Å². The number of unbranched alkanes of at least 4 members (excludes halogenated alkanes) is 8. The third-order valence-electron chi connectivity index (χ3n) is 6.54. The molecule has 8 nitrogen and oxygen atoms in total. The van der Waals surface area contributed by atoms with E-state index in [0.29, 0.717) is 38.8 Å². The van der Waals surface area contributed by atoms with Gasteiger partial charge in [0.05, 0.1) is 6.04 Å². The van der Waals surface area contributed by atoms with Crippen molar-refractivity contribution >= 4 is 23.7 Å². The zero-order chi connectivity index (χ0) is 23.3. The number of nitrogens with zero attached hydrogens (tertiary/aromatic N) is 2. The van der Waals surface area contributed by atoms with E-state index in [2.05, 4.69) is 12.2 Å². The minimum absolute atomic E-state index is 0.0643. The zero-order valence-corrected chi connectivity index (χ0v) is 19.7. The van der Waals surface area contributed by atoms with E-state index >= 15 is 0 Å². The first-order valence-electron chi connectivity index (χ1n) is 12.6. The number of nitrogens with one attached hydrogen (secondary N) is 1. The highest BCUT2D eigenvalue weighted by molar-refractivity contribution is 6.03. The standard InChI is InChI=1S/C24H41N3O5/c1-2-3-4-5-6-7-8-9-10-15-21(28)26-17-12-14-20(26)24(32)27(18-22(29)30)23(31)19-13-11-16-25-19/h19-20,25H,2-18H2,1H3,(H,29,30). The Kier molecular flexibility index (Phi) is 11.7. The number of likely N-dealkylation sites (tertiary alicyclic amines) is 1. The van der Waals surface area contributed by atoms with Crippen LogP contribution in [-0.4, -0.2) is 70.3 Å². The molecule has 2 aliphatic rings. The summed E-state index contributed by atoms with van der Waals surface area (Å²) in [6.45, 7) is 2.72. The van der Waals surface area contributed by atoms with Crippen LogP contribution in [0.3, 0.4) is 0 Å². The molecule has 0 bridgehead atoms. The van der Waals surface area contributed by atoms with Crippen LogP contribution in [0.2, 0.25) is 0 Å². The molecule has 0 radical (unpaired) electrons. The molecule has 0 aromatic carbocycles. The Bertz CT molecular complexity index is 633. The summed E-state index contributed by atoms with van der Waals surface area (Å²) in [6.07, 6.45) is 13.5. The summed E-state index contributed by atoms with van der Waals surface area (Å²) in [5, 5.41) is 12.3. The van der Waals surface area contributed by atoms with Crippen molar-refractivity contribution in [1.82, 2.24) is 15.1 Å². The molecule has 32 heavy (non-hydrogen) atoms. The molecule has 2 unspecified atom stereocenters. The van der Waals surface area contributed by atoms with E-state index < -0.39 is 36.4 Å². The Balaban J connectivity index is 1.81. The summed E-state index contributed by atoms with van der Waals surface area (Å²) in [5.74, 6) is -2.34. The number of carboxylic acids is 1. The largest absolute Gasteiger partial charge is 0.480 e. The average molecular weight is 452 g/mol. The van der Waals surface area contributed by atoms with Crippen molar-refractivity contribution in [1.29, 1.82) is 0 Å². The van der Waals surface area contributed by atoms with Gasteiger partial charge in [-0.15, -0.1) is 0 Å². The van der Waals surface area contributed by atoms with E-state index in [0.717, 1.165) is 30.6 Å². The highest BCUT2D eigenvalue weighted by atomic mass is 16.4. The SMILES string of the molecule is CCCCCCCCCCCC(=O)N1CCCC1C(=O)N(CC(=O)O)C(=O)C1CCCN1. The molecule has 2 N–H and O–H groups in total. The first-order valence-corrected chi connectivity index (χ1v) is 12.6. The van der Waals surface area contributed by atoms with Gasteiger partial charge in [-0.1, -0.05) is 58.3 Å². The fraction of sp³-hybridized carbons (Fsp3) is 0.833. The maximum atomic E-state index is 13.1. The van der Waals surface area contributed by atoms with Gasteiger partial charge in [-0.2, -0.15) is 0 Å². The lowest BCUT2D eigenvalue weighted by atomic mass is 10.1. The number of rotatable bonds is 14. The summed E-state index contributed by atoms with van der Waals surface area (Å²) in [7, 11) is 0. The van der Waals surface area contributed by atoms with Crippen molar-refractivity contribution in [3.8, 4) is 0 Å². The van der Waals surface area contributed by atoms with Crippen LogP contribution in [0.4, 0.5) is 0 Å². The molecule has 0 spiro atoms. The topological polar surface area (TPSA) is 107 Å². The molecule has 0 aromatic heterocycles. The lowest BCUT2D eigenvalue weighted by molar-refractivity contribution is -0.157. The van der Waals surface area contributed by atoms with Gasteiger partial charge in [-0.3, -0.25) is 24.1 Å². The smallest absolute Gasteiger partial charge is 0.323 e. The van der Waals surface area contributed by atoms with E-state index in [1.807, 2.05) is 0 Å². The van der Waals surface area contributed by atoms with Gasteiger partial charge in [0.25, 0.3) is 5.91 Å². The van der Waals surface area contributed by atoms with E-state index in [9.17, 15) is 24.3 Å². The lowest BCUT2D eigenvalue weighted by Gasteiger charge is -2.30. The monoisotopic (exact) mass is 451 g/mol. The van der Waals surface area contributed by atoms with Crippen molar-refractivity contribution in [2.24, 2.45) is 0 Å². The number of carbonyl (C=O) groups excluding carboxylic acids is 3. The Labute approximate surface area is 192 Å². The van der Waals surface area contributed by atoms with E-state index in [4.69, 9.17) is 0 Å². The molecule has 0 aliphatic carbocycles. The van der Waals surface area contributed by atoms with Gasteiger partial charge in [0.2, 0.25) is 11.8 Å². The van der Waals surface area contributed by atoms with Gasteiger partial charge in [0.15, 0.2) is 0 Å². The number of aliphatic carboxylic acids is 1. The minimum atomic E-state index is -1.23. The van der Waals surface area contributed by atoms with Gasteiger partial charge >= 0.3 is 5.97 Å². The molecule has 2 atom stereocenters. The fourth-order valence-electron chi connectivity index (χ4n) is 4.72. The third-order valence-corrected chi connectivity index (χ3v) is 6.54.